The van der Waals surface area contributed by atoms with Gasteiger partial charge in [-0.2, -0.15) is 4.73 Å². The number of H-pyrrole nitrogens is 1. The molecule has 1 N–H and O–H groups in total. The highest BCUT2D eigenvalue weighted by molar-refractivity contribution is 5.70. The van der Waals surface area contributed by atoms with E-state index in [1.165, 1.54) is 6.20 Å². The zero-order chi connectivity index (χ0) is 6.97. The van der Waals surface area contributed by atoms with Crippen molar-refractivity contribution in [2.45, 2.75) is 0 Å². The fourth-order valence-corrected chi connectivity index (χ4v) is 0.931. The van der Waals surface area contributed by atoms with Gasteiger partial charge >= 0.3 is 0 Å². The molecule has 0 fully saturated rings. The molecule has 2 aromatic heterocycles. The minimum Gasteiger partial charge on any atom is -0.618 e. The first kappa shape index (κ1) is 5.29. The topological polar surface area (TPSA) is 42.7 Å². The van der Waals surface area contributed by atoms with Crippen LogP contribution in [0.5, 0.6) is 0 Å². The second-order valence-electron chi connectivity index (χ2n) is 2.05. The first-order chi connectivity index (χ1) is 4.88. The molecule has 0 saturated heterocycles. The van der Waals surface area contributed by atoms with Crippen molar-refractivity contribution in [1.82, 2.24) is 4.98 Å². The predicted molar refractivity (Wildman–Crippen MR) is 36.1 cm³/mol. The van der Waals surface area contributed by atoms with E-state index in [2.05, 4.69) is 11.2 Å². The molecule has 0 bridgehead atoms. The van der Waals surface area contributed by atoms with Gasteiger partial charge in [0, 0.05) is 12.1 Å². The molecule has 0 atom stereocenters. The number of pyridine rings is 1. The first-order valence-corrected chi connectivity index (χ1v) is 2.95. The zero-order valence-electron chi connectivity index (χ0n) is 5.16. The number of fused-ring (bicyclic) bond motifs is 1. The van der Waals surface area contributed by atoms with Gasteiger partial charge in [0.15, 0.2) is 6.20 Å². The van der Waals surface area contributed by atoms with Crippen LogP contribution >= 0.6 is 0 Å². The van der Waals surface area contributed by atoms with Gasteiger partial charge < -0.3 is 10.2 Å². The lowest BCUT2D eigenvalue weighted by atomic mass is 10.4. The summed E-state index contributed by atoms with van der Waals surface area (Å²) in [5, 5.41) is 10.9. The molecule has 2 heterocycles. The van der Waals surface area contributed by atoms with Gasteiger partial charge in [0.2, 0.25) is 5.52 Å². The van der Waals surface area contributed by atoms with Crippen LogP contribution in [-0.4, -0.2) is 4.98 Å². The van der Waals surface area contributed by atoms with Crippen LogP contribution in [0.2, 0.25) is 0 Å². The number of aromatic amines is 1. The third-order valence-corrected chi connectivity index (χ3v) is 1.41. The van der Waals surface area contributed by atoms with E-state index in [-0.39, 0.29) is 0 Å². The van der Waals surface area contributed by atoms with Gasteiger partial charge in [-0.25, -0.2) is 0 Å². The zero-order valence-corrected chi connectivity index (χ0v) is 5.16. The maximum Gasteiger partial charge on any atom is 0.242 e. The predicted octanol–water partition coefficient (Wildman–Crippen LogP) is 0.601. The SMILES string of the molecule is [O-][n+]1cccc2[nH][c]cc21. The van der Waals surface area contributed by atoms with E-state index in [1.54, 1.807) is 12.1 Å². The Morgan fingerprint density at radius 2 is 2.50 bits per heavy atom. The molecule has 0 aromatic carbocycles. The van der Waals surface area contributed by atoms with E-state index in [1.807, 2.05) is 6.07 Å². The van der Waals surface area contributed by atoms with Crippen molar-refractivity contribution in [1.29, 1.82) is 0 Å². The molecule has 3 nitrogen and oxygen atoms in total. The van der Waals surface area contributed by atoms with Crippen LogP contribution in [0.15, 0.2) is 24.4 Å². The summed E-state index contributed by atoms with van der Waals surface area (Å²) in [7, 11) is 0. The van der Waals surface area contributed by atoms with E-state index < -0.39 is 0 Å². The van der Waals surface area contributed by atoms with Gasteiger partial charge in [0.25, 0.3) is 0 Å². The van der Waals surface area contributed by atoms with Crippen molar-refractivity contribution in [2.24, 2.45) is 0 Å². The average molecular weight is 133 g/mol. The lowest BCUT2D eigenvalue weighted by molar-refractivity contribution is -0.576. The van der Waals surface area contributed by atoms with E-state index in [0.29, 0.717) is 5.52 Å². The Morgan fingerprint density at radius 3 is 3.30 bits per heavy atom. The van der Waals surface area contributed by atoms with E-state index in [9.17, 15) is 5.21 Å². The highest BCUT2D eigenvalue weighted by atomic mass is 16.5. The van der Waals surface area contributed by atoms with E-state index >= 15 is 0 Å². The normalized spacial score (nSPS) is 10.4. The number of nitrogens with zero attached hydrogens (tertiary/aromatic N) is 1. The van der Waals surface area contributed by atoms with Crippen molar-refractivity contribution >= 4 is 11.0 Å². The van der Waals surface area contributed by atoms with Crippen molar-refractivity contribution in [3.63, 3.8) is 0 Å². The molecule has 49 valence electrons. The molecule has 0 amide bonds. The van der Waals surface area contributed by atoms with Gasteiger partial charge in [0.05, 0.1) is 6.20 Å². The summed E-state index contributed by atoms with van der Waals surface area (Å²) in [6.45, 7) is 0. The largest absolute Gasteiger partial charge is 0.618 e. The maximum absolute atomic E-state index is 10.9. The van der Waals surface area contributed by atoms with Crippen LogP contribution in [0.25, 0.3) is 11.0 Å². The van der Waals surface area contributed by atoms with E-state index in [0.717, 1.165) is 10.2 Å². The molecule has 0 spiro atoms. The van der Waals surface area contributed by atoms with Crippen molar-refractivity contribution in [3.05, 3.63) is 35.8 Å². The molecular weight excluding hydrogens is 128 g/mol. The van der Waals surface area contributed by atoms with Crippen LogP contribution in [-0.2, 0) is 0 Å². The van der Waals surface area contributed by atoms with Crippen molar-refractivity contribution in [3.8, 4) is 0 Å². The molecular formula is C7H5N2O. The summed E-state index contributed by atoms with van der Waals surface area (Å²) in [6, 6.07) is 5.15. The second kappa shape index (κ2) is 1.73. The Hall–Kier alpha value is -1.51. The maximum atomic E-state index is 10.9. The molecule has 10 heavy (non-hydrogen) atoms. The van der Waals surface area contributed by atoms with Gasteiger partial charge in [-0.3, -0.25) is 0 Å². The summed E-state index contributed by atoms with van der Waals surface area (Å²) in [4.78, 5) is 2.81. The molecule has 0 aliphatic heterocycles. The molecule has 0 saturated carbocycles. The minimum absolute atomic E-state index is 0.627. The van der Waals surface area contributed by atoms with Crippen LogP contribution < -0.4 is 4.73 Å². The molecule has 0 aliphatic carbocycles. The Labute approximate surface area is 57.5 Å². The Morgan fingerprint density at radius 1 is 1.60 bits per heavy atom. The lowest BCUT2D eigenvalue weighted by Crippen LogP contribution is -2.24. The first-order valence-electron chi connectivity index (χ1n) is 2.95. The van der Waals surface area contributed by atoms with Crippen LogP contribution in [0.1, 0.15) is 0 Å². The third-order valence-electron chi connectivity index (χ3n) is 1.41. The summed E-state index contributed by atoms with van der Waals surface area (Å²) in [5.41, 5.74) is 1.44. The van der Waals surface area contributed by atoms with Crippen molar-refractivity contribution < 1.29 is 4.73 Å². The quantitative estimate of drug-likeness (QED) is 0.415. The molecule has 0 aliphatic rings. The van der Waals surface area contributed by atoms with Crippen LogP contribution in [0.3, 0.4) is 0 Å². The molecule has 0 unspecified atom stereocenters. The Kier molecular flexibility index (Phi) is 0.917. The van der Waals surface area contributed by atoms with Crippen LogP contribution in [0.4, 0.5) is 0 Å². The molecule has 2 aromatic rings. The van der Waals surface area contributed by atoms with Gasteiger partial charge in [0.1, 0.15) is 5.52 Å². The second-order valence-corrected chi connectivity index (χ2v) is 2.05. The third kappa shape index (κ3) is 0.572. The standard InChI is InChI=1S/C7H5N2O/c10-9-5-1-2-6-7(9)3-4-8-6/h1-3,5,8H. The summed E-state index contributed by atoms with van der Waals surface area (Å²) in [5.74, 6) is 0. The number of nitrogens with one attached hydrogen (secondary N) is 1. The summed E-state index contributed by atoms with van der Waals surface area (Å²) < 4.78 is 0.808. The fourth-order valence-electron chi connectivity index (χ4n) is 0.931. The lowest BCUT2D eigenvalue weighted by Gasteiger charge is -1.93. The van der Waals surface area contributed by atoms with Gasteiger partial charge in [-0.1, -0.05) is 0 Å². The Bertz CT molecular complexity index is 353. The number of hydrogen-bond donors (Lipinski definition) is 1. The molecule has 2 rings (SSSR count). The van der Waals surface area contributed by atoms with Crippen molar-refractivity contribution in [2.75, 3.05) is 0 Å². The number of rotatable bonds is 0. The fraction of sp³-hybridized carbons (Fsp3) is 0. The monoisotopic (exact) mass is 133 g/mol. The summed E-state index contributed by atoms with van der Waals surface area (Å²) in [6.07, 6.45) is 4.20. The van der Waals surface area contributed by atoms with Gasteiger partial charge in [-0.15, -0.1) is 0 Å². The van der Waals surface area contributed by atoms with Gasteiger partial charge in [-0.05, 0) is 6.07 Å². The smallest absolute Gasteiger partial charge is 0.242 e. The highest BCUT2D eigenvalue weighted by Crippen LogP contribution is 2.03. The van der Waals surface area contributed by atoms with E-state index in [4.69, 9.17) is 0 Å². The number of aromatic nitrogens is 2. The molecule has 1 radical (unpaired) electrons. The highest BCUT2D eigenvalue weighted by Gasteiger charge is 2.00. The number of hydrogen-bond acceptors (Lipinski definition) is 1. The molecule has 3 heteroatoms. The summed E-state index contributed by atoms with van der Waals surface area (Å²) >= 11 is 0. The average Bonchev–Trinajstić information content (AvgIpc) is 2.36. The Balaban J connectivity index is 2.95. The minimum atomic E-state index is 0.627. The van der Waals surface area contributed by atoms with Crippen LogP contribution in [0, 0.1) is 11.4 Å².